The van der Waals surface area contributed by atoms with Gasteiger partial charge in [0.2, 0.25) is 0 Å². The Morgan fingerprint density at radius 1 is 1.30 bits per heavy atom. The van der Waals surface area contributed by atoms with E-state index < -0.39 is 16.5 Å². The summed E-state index contributed by atoms with van der Waals surface area (Å²) in [6.45, 7) is 4.57. The molecule has 0 bridgehead atoms. The second-order valence-electron chi connectivity index (χ2n) is 4.69. The first-order valence-corrected chi connectivity index (χ1v) is 7.86. The summed E-state index contributed by atoms with van der Waals surface area (Å²) in [7, 11) is -4.51. The Kier molecular flexibility index (Phi) is 6.41. The highest BCUT2D eigenvalue weighted by Gasteiger charge is 2.11. The van der Waals surface area contributed by atoms with Crippen molar-refractivity contribution in [3.63, 3.8) is 0 Å². The first kappa shape index (κ1) is 16.9. The smallest absolute Gasteiger partial charge is 0.387 e. The van der Waals surface area contributed by atoms with Crippen LogP contribution in [0.2, 0.25) is 0 Å². The number of hydrogen-bond acceptors (Lipinski definition) is 5. The Bertz CT molecular complexity index is 500. The molecular formula is C13H21NO5S. The molecule has 1 rings (SSSR count). The van der Waals surface area contributed by atoms with E-state index >= 15 is 0 Å². The zero-order chi connectivity index (χ0) is 15.2. The molecule has 0 amide bonds. The van der Waals surface area contributed by atoms with E-state index in [9.17, 15) is 13.5 Å². The molecule has 0 saturated heterocycles. The summed E-state index contributed by atoms with van der Waals surface area (Å²) >= 11 is 0. The van der Waals surface area contributed by atoms with Crippen LogP contribution in [-0.2, 0) is 10.4 Å². The molecule has 0 unspecified atom stereocenters. The molecule has 0 fully saturated rings. The van der Waals surface area contributed by atoms with Crippen molar-refractivity contribution in [1.82, 2.24) is 5.32 Å². The highest BCUT2D eigenvalue weighted by atomic mass is 32.3. The monoisotopic (exact) mass is 303 g/mol. The lowest BCUT2D eigenvalue weighted by Crippen LogP contribution is -2.30. The van der Waals surface area contributed by atoms with Gasteiger partial charge in [-0.2, -0.15) is 8.42 Å². The molecule has 2 atom stereocenters. The Morgan fingerprint density at radius 2 is 1.90 bits per heavy atom. The molecule has 0 saturated carbocycles. The molecule has 0 heterocycles. The van der Waals surface area contributed by atoms with E-state index in [0.29, 0.717) is 18.2 Å². The van der Waals surface area contributed by atoms with Crippen molar-refractivity contribution < 1.29 is 22.3 Å². The second kappa shape index (κ2) is 7.58. The maximum atomic E-state index is 10.5. The van der Waals surface area contributed by atoms with Gasteiger partial charge in [-0.25, -0.2) is 0 Å². The van der Waals surface area contributed by atoms with Crippen LogP contribution < -0.4 is 9.50 Å². The van der Waals surface area contributed by atoms with Crippen LogP contribution in [0.3, 0.4) is 0 Å². The van der Waals surface area contributed by atoms with Gasteiger partial charge in [0.1, 0.15) is 5.75 Å². The van der Waals surface area contributed by atoms with Gasteiger partial charge in [0.15, 0.2) is 0 Å². The van der Waals surface area contributed by atoms with Crippen molar-refractivity contribution in [2.45, 2.75) is 38.8 Å². The molecule has 1 aromatic carbocycles. The summed E-state index contributed by atoms with van der Waals surface area (Å²) < 4.78 is 33.9. The van der Waals surface area contributed by atoms with Crippen LogP contribution in [0, 0.1) is 0 Å². The van der Waals surface area contributed by atoms with Gasteiger partial charge in [0.05, 0.1) is 6.10 Å². The summed E-state index contributed by atoms with van der Waals surface area (Å²) in [5, 5.41) is 13.2. The zero-order valence-corrected chi connectivity index (χ0v) is 12.4. The first-order valence-electron chi connectivity index (χ1n) is 6.50. The van der Waals surface area contributed by atoms with E-state index in [2.05, 4.69) is 23.3 Å². The number of hydrogen-bond donors (Lipinski definition) is 3. The number of aliphatic hydroxyl groups is 1. The second-order valence-corrected chi connectivity index (χ2v) is 5.72. The largest absolute Gasteiger partial charge is 0.446 e. The lowest BCUT2D eigenvalue weighted by molar-refractivity contribution is 0.170. The fraction of sp³-hybridized carbons (Fsp3) is 0.538. The van der Waals surface area contributed by atoms with Crippen molar-refractivity contribution in [3.05, 3.63) is 29.8 Å². The van der Waals surface area contributed by atoms with Crippen LogP contribution in [0.25, 0.3) is 0 Å². The van der Waals surface area contributed by atoms with Gasteiger partial charge < -0.3 is 14.6 Å². The van der Waals surface area contributed by atoms with E-state index in [4.69, 9.17) is 4.55 Å². The number of rotatable bonds is 8. The molecule has 114 valence electrons. The van der Waals surface area contributed by atoms with Crippen LogP contribution in [0.4, 0.5) is 0 Å². The summed E-state index contributed by atoms with van der Waals surface area (Å²) in [4.78, 5) is 0. The summed E-state index contributed by atoms with van der Waals surface area (Å²) in [6, 6.07) is 6.19. The number of aliphatic hydroxyl groups excluding tert-OH is 1. The van der Waals surface area contributed by atoms with Crippen LogP contribution in [-0.4, -0.2) is 30.7 Å². The summed E-state index contributed by atoms with van der Waals surface area (Å²) in [5.74, 6) is -0.00393. The zero-order valence-electron chi connectivity index (χ0n) is 11.6. The average Bonchev–Trinajstić information content (AvgIpc) is 2.35. The van der Waals surface area contributed by atoms with Gasteiger partial charge in [0.25, 0.3) is 0 Å². The van der Waals surface area contributed by atoms with Gasteiger partial charge in [-0.05, 0) is 31.0 Å². The maximum absolute atomic E-state index is 10.5. The van der Waals surface area contributed by atoms with Gasteiger partial charge in [-0.3, -0.25) is 4.55 Å². The first-order chi connectivity index (χ1) is 9.31. The maximum Gasteiger partial charge on any atom is 0.446 e. The van der Waals surface area contributed by atoms with Crippen molar-refractivity contribution in [1.29, 1.82) is 0 Å². The molecular weight excluding hydrogens is 282 g/mol. The lowest BCUT2D eigenvalue weighted by Gasteiger charge is -2.17. The minimum absolute atomic E-state index is 0.00393. The molecule has 7 heteroatoms. The molecule has 0 aliphatic heterocycles. The summed E-state index contributed by atoms with van der Waals surface area (Å²) in [6.07, 6.45) is 1.42. The SMILES string of the molecule is CCC[C@@H](C)NC[C@H](O)c1ccc(OS(=O)(=O)O)cc1. The Morgan fingerprint density at radius 3 is 2.40 bits per heavy atom. The van der Waals surface area contributed by atoms with E-state index in [0.717, 1.165) is 12.8 Å². The third-order valence-electron chi connectivity index (χ3n) is 2.85. The van der Waals surface area contributed by atoms with Gasteiger partial charge in [-0.15, -0.1) is 0 Å². The van der Waals surface area contributed by atoms with Crippen molar-refractivity contribution in [3.8, 4) is 5.75 Å². The van der Waals surface area contributed by atoms with Crippen LogP contribution >= 0.6 is 0 Å². The van der Waals surface area contributed by atoms with Gasteiger partial charge >= 0.3 is 10.4 Å². The topological polar surface area (TPSA) is 95.9 Å². The molecule has 20 heavy (non-hydrogen) atoms. The summed E-state index contributed by atoms with van der Waals surface area (Å²) in [5.41, 5.74) is 0.642. The van der Waals surface area contributed by atoms with Crippen LogP contribution in [0.15, 0.2) is 24.3 Å². The van der Waals surface area contributed by atoms with Crippen molar-refractivity contribution in [2.24, 2.45) is 0 Å². The fourth-order valence-corrected chi connectivity index (χ4v) is 2.19. The van der Waals surface area contributed by atoms with Crippen molar-refractivity contribution >= 4 is 10.4 Å². The van der Waals surface area contributed by atoms with Crippen molar-refractivity contribution in [2.75, 3.05) is 6.54 Å². The molecule has 0 aromatic heterocycles. The van der Waals surface area contributed by atoms with Gasteiger partial charge in [0, 0.05) is 12.6 Å². The van der Waals surface area contributed by atoms with E-state index in [1.165, 1.54) is 12.1 Å². The Labute approximate surface area is 119 Å². The third-order valence-corrected chi connectivity index (χ3v) is 3.25. The standard InChI is InChI=1S/C13H21NO5S/c1-3-4-10(2)14-9-13(15)11-5-7-12(8-6-11)19-20(16,17)18/h5-8,10,13-15H,3-4,9H2,1-2H3,(H,16,17,18)/t10-,13+/m1/s1. The van der Waals surface area contributed by atoms with E-state index in [-0.39, 0.29) is 5.75 Å². The average molecular weight is 303 g/mol. The highest BCUT2D eigenvalue weighted by Crippen LogP contribution is 2.18. The van der Waals surface area contributed by atoms with Crippen LogP contribution in [0.5, 0.6) is 5.75 Å². The minimum atomic E-state index is -4.51. The molecule has 6 nitrogen and oxygen atoms in total. The normalized spacial score (nSPS) is 14.8. The predicted molar refractivity (Wildman–Crippen MR) is 76.0 cm³/mol. The predicted octanol–water partition coefficient (Wildman–Crippen LogP) is 1.68. The molecule has 0 spiro atoms. The van der Waals surface area contributed by atoms with Gasteiger partial charge in [-0.1, -0.05) is 25.5 Å². The van der Waals surface area contributed by atoms with E-state index in [1.54, 1.807) is 12.1 Å². The Balaban J connectivity index is 2.55. The Hall–Kier alpha value is -1.15. The number of benzene rings is 1. The van der Waals surface area contributed by atoms with E-state index in [1.807, 2.05) is 0 Å². The highest BCUT2D eigenvalue weighted by molar-refractivity contribution is 7.81. The number of nitrogens with one attached hydrogen (secondary N) is 1. The molecule has 0 aliphatic carbocycles. The molecule has 1 aromatic rings. The quantitative estimate of drug-likeness (QED) is 0.632. The minimum Gasteiger partial charge on any atom is -0.387 e. The lowest BCUT2D eigenvalue weighted by atomic mass is 10.1. The third kappa shape index (κ3) is 6.33. The molecule has 0 radical (unpaired) electrons. The molecule has 0 aliphatic rings. The fourth-order valence-electron chi connectivity index (χ4n) is 1.83. The molecule has 3 N–H and O–H groups in total. The van der Waals surface area contributed by atoms with Crippen LogP contribution in [0.1, 0.15) is 38.4 Å².